The molecule has 2 unspecified atom stereocenters. The van der Waals surface area contributed by atoms with Crippen LogP contribution in [-0.2, 0) is 17.9 Å². The van der Waals surface area contributed by atoms with Gasteiger partial charge in [0.2, 0.25) is 0 Å². The minimum Gasteiger partial charge on any atom is -0.373 e. The summed E-state index contributed by atoms with van der Waals surface area (Å²) in [6.07, 6.45) is 6.34. The fourth-order valence-corrected chi connectivity index (χ4v) is 2.89. The van der Waals surface area contributed by atoms with E-state index in [0.717, 1.165) is 18.4 Å². The quantitative estimate of drug-likeness (QED) is 0.879. The third-order valence-corrected chi connectivity index (χ3v) is 4.17. The highest BCUT2D eigenvalue weighted by atomic mass is 19.1. The lowest BCUT2D eigenvalue weighted by Gasteiger charge is -2.30. The van der Waals surface area contributed by atoms with Gasteiger partial charge in [-0.3, -0.25) is 0 Å². The van der Waals surface area contributed by atoms with E-state index in [-0.39, 0.29) is 5.82 Å². The Balaban J connectivity index is 1.94. The number of hydrogen-bond donors (Lipinski definition) is 1. The molecule has 2 nitrogen and oxygen atoms in total. The van der Waals surface area contributed by atoms with E-state index in [9.17, 15) is 4.39 Å². The van der Waals surface area contributed by atoms with Gasteiger partial charge in [0.05, 0.1) is 12.7 Å². The third kappa shape index (κ3) is 3.77. The molecular weight excluding hydrogens is 241 g/mol. The van der Waals surface area contributed by atoms with Gasteiger partial charge in [0.15, 0.2) is 0 Å². The van der Waals surface area contributed by atoms with Crippen LogP contribution in [0.2, 0.25) is 0 Å². The average molecular weight is 265 g/mol. The van der Waals surface area contributed by atoms with Gasteiger partial charge in [-0.2, -0.15) is 0 Å². The van der Waals surface area contributed by atoms with E-state index in [4.69, 9.17) is 10.5 Å². The Labute approximate surface area is 115 Å². The molecular formula is C16H24FNO. The van der Waals surface area contributed by atoms with Crippen LogP contribution in [0.1, 0.15) is 50.2 Å². The zero-order chi connectivity index (χ0) is 13.7. The summed E-state index contributed by atoms with van der Waals surface area (Å²) in [5.74, 6) is 0.437. The molecule has 0 bridgehead atoms. The number of ether oxygens (including phenoxy) is 1. The number of hydrogen-bond acceptors (Lipinski definition) is 2. The Bertz CT molecular complexity index is 408. The van der Waals surface area contributed by atoms with Crippen LogP contribution < -0.4 is 5.73 Å². The molecule has 106 valence electrons. The second kappa shape index (κ2) is 7.01. The normalized spacial score (nSPS) is 23.5. The van der Waals surface area contributed by atoms with Gasteiger partial charge in [0, 0.05) is 12.1 Å². The van der Waals surface area contributed by atoms with Crippen LogP contribution in [0.15, 0.2) is 18.2 Å². The molecule has 1 aromatic carbocycles. The van der Waals surface area contributed by atoms with Crippen LogP contribution in [0.3, 0.4) is 0 Å². The number of halogens is 1. The fourth-order valence-electron chi connectivity index (χ4n) is 2.89. The SMILES string of the molecule is CCC1CCCCC1OCc1ccc(CN)cc1F. The molecule has 0 spiro atoms. The maximum Gasteiger partial charge on any atom is 0.129 e. The number of nitrogens with two attached hydrogens (primary N) is 1. The molecule has 19 heavy (non-hydrogen) atoms. The van der Waals surface area contributed by atoms with E-state index >= 15 is 0 Å². The second-order valence-electron chi connectivity index (χ2n) is 5.43. The molecule has 0 aliphatic heterocycles. The second-order valence-corrected chi connectivity index (χ2v) is 5.43. The van der Waals surface area contributed by atoms with Crippen molar-refractivity contribution in [3.63, 3.8) is 0 Å². The largest absolute Gasteiger partial charge is 0.373 e. The van der Waals surface area contributed by atoms with Gasteiger partial charge in [-0.25, -0.2) is 4.39 Å². The van der Waals surface area contributed by atoms with Gasteiger partial charge in [-0.15, -0.1) is 0 Å². The molecule has 0 heterocycles. The van der Waals surface area contributed by atoms with Crippen LogP contribution >= 0.6 is 0 Å². The molecule has 1 aromatic rings. The van der Waals surface area contributed by atoms with E-state index in [1.807, 2.05) is 6.07 Å². The predicted molar refractivity (Wildman–Crippen MR) is 75.1 cm³/mol. The van der Waals surface area contributed by atoms with Gasteiger partial charge in [-0.1, -0.05) is 38.3 Å². The summed E-state index contributed by atoms with van der Waals surface area (Å²) in [6.45, 7) is 2.96. The lowest BCUT2D eigenvalue weighted by molar-refractivity contribution is -0.0231. The zero-order valence-electron chi connectivity index (χ0n) is 11.7. The Hall–Kier alpha value is -0.930. The van der Waals surface area contributed by atoms with Crippen molar-refractivity contribution < 1.29 is 9.13 Å². The van der Waals surface area contributed by atoms with Crippen molar-refractivity contribution in [3.8, 4) is 0 Å². The van der Waals surface area contributed by atoms with Gasteiger partial charge >= 0.3 is 0 Å². The summed E-state index contributed by atoms with van der Waals surface area (Å²) >= 11 is 0. The Kier molecular flexibility index (Phi) is 5.34. The lowest BCUT2D eigenvalue weighted by Crippen LogP contribution is -2.27. The Morgan fingerprint density at radius 3 is 2.79 bits per heavy atom. The van der Waals surface area contributed by atoms with E-state index in [1.54, 1.807) is 6.07 Å². The highest BCUT2D eigenvalue weighted by Gasteiger charge is 2.24. The van der Waals surface area contributed by atoms with Crippen LogP contribution in [0, 0.1) is 11.7 Å². The minimum absolute atomic E-state index is 0.202. The molecule has 0 radical (unpaired) electrons. The van der Waals surface area contributed by atoms with Crippen LogP contribution in [-0.4, -0.2) is 6.10 Å². The maximum absolute atomic E-state index is 13.8. The summed E-state index contributed by atoms with van der Waals surface area (Å²) in [7, 11) is 0. The van der Waals surface area contributed by atoms with Crippen LogP contribution in [0.4, 0.5) is 4.39 Å². The van der Waals surface area contributed by atoms with Gasteiger partial charge in [-0.05, 0) is 30.4 Å². The number of benzene rings is 1. The monoisotopic (exact) mass is 265 g/mol. The lowest BCUT2D eigenvalue weighted by atomic mass is 9.85. The maximum atomic E-state index is 13.8. The molecule has 0 saturated heterocycles. The van der Waals surface area contributed by atoms with Crippen molar-refractivity contribution in [2.24, 2.45) is 11.7 Å². The van der Waals surface area contributed by atoms with E-state index < -0.39 is 0 Å². The molecule has 2 N–H and O–H groups in total. The topological polar surface area (TPSA) is 35.2 Å². The fraction of sp³-hybridized carbons (Fsp3) is 0.625. The molecule has 1 fully saturated rings. The first-order chi connectivity index (χ1) is 9.24. The highest BCUT2D eigenvalue weighted by Crippen LogP contribution is 2.30. The zero-order valence-corrected chi connectivity index (χ0v) is 11.7. The first-order valence-electron chi connectivity index (χ1n) is 7.33. The van der Waals surface area contributed by atoms with E-state index in [0.29, 0.717) is 30.7 Å². The van der Waals surface area contributed by atoms with Crippen molar-refractivity contribution in [1.29, 1.82) is 0 Å². The van der Waals surface area contributed by atoms with Crippen LogP contribution in [0.25, 0.3) is 0 Å². The molecule has 0 amide bonds. The summed E-state index contributed by atoms with van der Waals surface area (Å²) in [5.41, 5.74) is 6.96. The van der Waals surface area contributed by atoms with Crippen molar-refractivity contribution in [2.45, 2.75) is 58.3 Å². The van der Waals surface area contributed by atoms with Crippen molar-refractivity contribution in [2.75, 3.05) is 0 Å². The van der Waals surface area contributed by atoms with Crippen molar-refractivity contribution >= 4 is 0 Å². The van der Waals surface area contributed by atoms with Crippen molar-refractivity contribution in [1.82, 2.24) is 0 Å². The summed E-state index contributed by atoms with van der Waals surface area (Å²) in [4.78, 5) is 0. The van der Waals surface area contributed by atoms with Gasteiger partial charge < -0.3 is 10.5 Å². The smallest absolute Gasteiger partial charge is 0.129 e. The highest BCUT2D eigenvalue weighted by molar-refractivity contribution is 5.23. The van der Waals surface area contributed by atoms with Crippen LogP contribution in [0.5, 0.6) is 0 Å². The summed E-state index contributed by atoms with van der Waals surface area (Å²) in [5, 5.41) is 0. The van der Waals surface area contributed by atoms with Gasteiger partial charge in [0.25, 0.3) is 0 Å². The van der Waals surface area contributed by atoms with Crippen molar-refractivity contribution in [3.05, 3.63) is 35.1 Å². The van der Waals surface area contributed by atoms with E-state index in [2.05, 4.69) is 6.92 Å². The molecule has 2 atom stereocenters. The Morgan fingerprint density at radius 2 is 2.11 bits per heavy atom. The number of rotatable bonds is 5. The standard InChI is InChI=1S/C16H24FNO/c1-2-13-5-3-4-6-16(13)19-11-14-8-7-12(10-18)9-15(14)17/h7-9,13,16H,2-6,10-11,18H2,1H3. The van der Waals surface area contributed by atoms with Gasteiger partial charge in [0.1, 0.15) is 5.82 Å². The predicted octanol–water partition coefficient (Wildman–Crippen LogP) is 3.77. The molecule has 3 heteroatoms. The molecule has 1 aliphatic carbocycles. The molecule has 1 aliphatic rings. The third-order valence-electron chi connectivity index (χ3n) is 4.17. The molecule has 0 aromatic heterocycles. The molecule has 1 saturated carbocycles. The minimum atomic E-state index is -0.202. The Morgan fingerprint density at radius 1 is 1.32 bits per heavy atom. The summed E-state index contributed by atoms with van der Waals surface area (Å²) < 4.78 is 19.8. The molecule has 2 rings (SSSR count). The average Bonchev–Trinajstić information content (AvgIpc) is 2.46. The summed E-state index contributed by atoms with van der Waals surface area (Å²) in [6, 6.07) is 5.18. The van der Waals surface area contributed by atoms with E-state index in [1.165, 1.54) is 25.3 Å². The first kappa shape index (κ1) is 14.5. The first-order valence-corrected chi connectivity index (χ1v) is 7.33.